The fourth-order valence-corrected chi connectivity index (χ4v) is 2.13. The number of nitrogens with zero attached hydrogens (tertiary/aromatic N) is 2. The number of rotatable bonds is 2. The first-order valence-corrected chi connectivity index (χ1v) is 6.33. The normalized spacial score (nSPS) is 10.5. The van der Waals surface area contributed by atoms with Gasteiger partial charge >= 0.3 is 0 Å². The topological polar surface area (TPSA) is 37.8 Å². The Bertz CT molecular complexity index is 697. The number of nitrogens with one attached hydrogen (secondary N) is 1. The van der Waals surface area contributed by atoms with Crippen molar-refractivity contribution in [2.45, 2.75) is 0 Å². The van der Waals surface area contributed by atoms with Crippen molar-refractivity contribution in [1.82, 2.24) is 9.97 Å². The van der Waals surface area contributed by atoms with Crippen LogP contribution in [0.3, 0.4) is 0 Å². The van der Waals surface area contributed by atoms with Crippen LogP contribution in [0.15, 0.2) is 59.5 Å². The average molecular weight is 300 g/mol. The van der Waals surface area contributed by atoms with Gasteiger partial charge in [-0.2, -0.15) is 0 Å². The van der Waals surface area contributed by atoms with Crippen LogP contribution in [0.4, 0.5) is 11.5 Å². The molecule has 0 aliphatic rings. The predicted octanol–water partition coefficient (Wildman–Crippen LogP) is 4.14. The summed E-state index contributed by atoms with van der Waals surface area (Å²) in [6.45, 7) is 0. The molecule has 3 rings (SSSR count). The third kappa shape index (κ3) is 2.19. The molecule has 1 aromatic heterocycles. The van der Waals surface area contributed by atoms with Gasteiger partial charge in [0.1, 0.15) is 12.1 Å². The molecule has 18 heavy (non-hydrogen) atoms. The molecule has 0 fully saturated rings. The zero-order valence-corrected chi connectivity index (χ0v) is 11.1. The molecule has 1 heterocycles. The molecule has 0 amide bonds. The van der Waals surface area contributed by atoms with E-state index in [1.807, 2.05) is 18.2 Å². The van der Waals surface area contributed by atoms with E-state index in [1.165, 1.54) is 17.1 Å². The van der Waals surface area contributed by atoms with E-state index < -0.39 is 0 Å². The van der Waals surface area contributed by atoms with E-state index in [9.17, 15) is 0 Å². The van der Waals surface area contributed by atoms with Gasteiger partial charge in [-0.15, -0.1) is 0 Å². The lowest BCUT2D eigenvalue weighted by Gasteiger charge is -2.07. The Morgan fingerprint density at radius 2 is 1.83 bits per heavy atom. The second-order valence-electron chi connectivity index (χ2n) is 3.91. The van der Waals surface area contributed by atoms with Gasteiger partial charge in [-0.05, 0) is 38.8 Å². The Morgan fingerprint density at radius 3 is 2.67 bits per heavy atom. The lowest BCUT2D eigenvalue weighted by atomic mass is 10.1. The maximum atomic E-state index is 4.18. The van der Waals surface area contributed by atoms with Crippen LogP contribution >= 0.6 is 15.9 Å². The zero-order valence-electron chi connectivity index (χ0n) is 9.47. The third-order valence-corrected chi connectivity index (χ3v) is 3.26. The standard InChI is InChI=1S/C14H10BrN3/c15-13-8-16-9-17-14(13)18-12-6-5-10-3-1-2-4-11(10)7-12/h1-9H,(H,16,17,18). The summed E-state index contributed by atoms with van der Waals surface area (Å²) in [5.74, 6) is 0.764. The van der Waals surface area contributed by atoms with Gasteiger partial charge in [0.05, 0.1) is 4.47 Å². The molecule has 88 valence electrons. The molecule has 0 spiro atoms. The van der Waals surface area contributed by atoms with E-state index in [1.54, 1.807) is 6.20 Å². The molecule has 4 heteroatoms. The number of anilines is 2. The van der Waals surface area contributed by atoms with Crippen LogP contribution in [0.25, 0.3) is 10.8 Å². The minimum absolute atomic E-state index is 0.764. The first-order chi connectivity index (χ1) is 8.83. The van der Waals surface area contributed by atoms with Crippen LogP contribution in [-0.2, 0) is 0 Å². The summed E-state index contributed by atoms with van der Waals surface area (Å²) in [5, 5.41) is 5.69. The third-order valence-electron chi connectivity index (χ3n) is 2.68. The molecular formula is C14H10BrN3. The molecule has 0 radical (unpaired) electrons. The van der Waals surface area contributed by atoms with Crippen molar-refractivity contribution in [3.05, 3.63) is 59.5 Å². The molecule has 0 saturated carbocycles. The number of aromatic nitrogens is 2. The Morgan fingerprint density at radius 1 is 1.00 bits per heavy atom. The van der Waals surface area contributed by atoms with Gasteiger partial charge in [0.25, 0.3) is 0 Å². The van der Waals surface area contributed by atoms with Crippen molar-refractivity contribution in [3.8, 4) is 0 Å². The highest BCUT2D eigenvalue weighted by Gasteiger charge is 2.01. The minimum atomic E-state index is 0.764. The first-order valence-electron chi connectivity index (χ1n) is 5.54. The second kappa shape index (κ2) is 4.74. The van der Waals surface area contributed by atoms with Crippen molar-refractivity contribution >= 4 is 38.2 Å². The lowest BCUT2D eigenvalue weighted by Crippen LogP contribution is -1.94. The van der Waals surface area contributed by atoms with Gasteiger partial charge in [0, 0.05) is 11.9 Å². The van der Waals surface area contributed by atoms with Gasteiger partial charge in [0.15, 0.2) is 0 Å². The van der Waals surface area contributed by atoms with E-state index in [-0.39, 0.29) is 0 Å². The molecule has 0 bridgehead atoms. The highest BCUT2D eigenvalue weighted by atomic mass is 79.9. The summed E-state index contributed by atoms with van der Waals surface area (Å²) in [4.78, 5) is 8.12. The Kier molecular flexibility index (Phi) is 2.94. The fraction of sp³-hybridized carbons (Fsp3) is 0. The molecule has 0 aliphatic carbocycles. The zero-order chi connectivity index (χ0) is 12.4. The molecule has 3 aromatic rings. The number of fused-ring (bicyclic) bond motifs is 1. The van der Waals surface area contributed by atoms with E-state index in [2.05, 4.69) is 55.5 Å². The monoisotopic (exact) mass is 299 g/mol. The number of halogens is 1. The molecule has 1 N–H and O–H groups in total. The molecule has 3 nitrogen and oxygen atoms in total. The summed E-state index contributed by atoms with van der Waals surface area (Å²) in [6, 6.07) is 14.5. The largest absolute Gasteiger partial charge is 0.339 e. The SMILES string of the molecule is Brc1cncnc1Nc1ccc2ccccc2c1. The van der Waals surface area contributed by atoms with Crippen molar-refractivity contribution < 1.29 is 0 Å². The summed E-state index contributed by atoms with van der Waals surface area (Å²) in [5.41, 5.74) is 1.01. The van der Waals surface area contributed by atoms with Gasteiger partial charge in [-0.25, -0.2) is 9.97 Å². The maximum Gasteiger partial charge on any atom is 0.148 e. The smallest absolute Gasteiger partial charge is 0.148 e. The number of hydrogen-bond acceptors (Lipinski definition) is 3. The van der Waals surface area contributed by atoms with Crippen molar-refractivity contribution in [2.24, 2.45) is 0 Å². The molecular weight excluding hydrogens is 290 g/mol. The van der Waals surface area contributed by atoms with E-state index in [4.69, 9.17) is 0 Å². The number of benzene rings is 2. The van der Waals surface area contributed by atoms with Crippen molar-refractivity contribution in [3.63, 3.8) is 0 Å². The van der Waals surface area contributed by atoms with Crippen LogP contribution in [0.2, 0.25) is 0 Å². The van der Waals surface area contributed by atoms with Gasteiger partial charge < -0.3 is 5.32 Å². The van der Waals surface area contributed by atoms with E-state index >= 15 is 0 Å². The van der Waals surface area contributed by atoms with Gasteiger partial charge in [-0.3, -0.25) is 0 Å². The second-order valence-corrected chi connectivity index (χ2v) is 4.76. The highest BCUT2D eigenvalue weighted by Crippen LogP contribution is 2.24. The highest BCUT2D eigenvalue weighted by molar-refractivity contribution is 9.10. The lowest BCUT2D eigenvalue weighted by molar-refractivity contribution is 1.15. The van der Waals surface area contributed by atoms with E-state index in [0.717, 1.165) is 16.0 Å². The summed E-state index contributed by atoms with van der Waals surface area (Å²) >= 11 is 3.42. The first kappa shape index (κ1) is 11.2. The Balaban J connectivity index is 1.98. The maximum absolute atomic E-state index is 4.18. The Hall–Kier alpha value is -1.94. The summed E-state index contributed by atoms with van der Waals surface area (Å²) < 4.78 is 0.846. The summed E-state index contributed by atoms with van der Waals surface area (Å²) in [6.07, 6.45) is 3.24. The van der Waals surface area contributed by atoms with Crippen LogP contribution in [0.5, 0.6) is 0 Å². The van der Waals surface area contributed by atoms with Crippen molar-refractivity contribution in [2.75, 3.05) is 5.32 Å². The van der Waals surface area contributed by atoms with Gasteiger partial charge in [-0.1, -0.05) is 30.3 Å². The van der Waals surface area contributed by atoms with Crippen LogP contribution in [-0.4, -0.2) is 9.97 Å². The van der Waals surface area contributed by atoms with Crippen LogP contribution in [0, 0.1) is 0 Å². The number of hydrogen-bond donors (Lipinski definition) is 1. The predicted molar refractivity (Wildman–Crippen MR) is 77.0 cm³/mol. The quantitative estimate of drug-likeness (QED) is 0.773. The summed E-state index contributed by atoms with van der Waals surface area (Å²) in [7, 11) is 0. The molecule has 0 aliphatic heterocycles. The molecule has 0 unspecified atom stereocenters. The molecule has 0 atom stereocenters. The molecule has 0 saturated heterocycles. The minimum Gasteiger partial charge on any atom is -0.339 e. The fourth-order valence-electron chi connectivity index (χ4n) is 1.81. The van der Waals surface area contributed by atoms with Crippen LogP contribution < -0.4 is 5.32 Å². The average Bonchev–Trinajstić information content (AvgIpc) is 2.41. The van der Waals surface area contributed by atoms with Crippen molar-refractivity contribution in [1.29, 1.82) is 0 Å². The molecule has 2 aromatic carbocycles. The van der Waals surface area contributed by atoms with Crippen LogP contribution in [0.1, 0.15) is 0 Å². The van der Waals surface area contributed by atoms with Gasteiger partial charge in [0.2, 0.25) is 0 Å². The van der Waals surface area contributed by atoms with E-state index in [0.29, 0.717) is 0 Å². The Labute approximate surface area is 113 Å².